The molecule has 1 amide bonds. The number of hydrogen-bond acceptors (Lipinski definition) is 5. The van der Waals surface area contributed by atoms with Crippen LogP contribution in [-0.4, -0.2) is 31.7 Å². The van der Waals surface area contributed by atoms with Gasteiger partial charge in [-0.2, -0.15) is 0 Å². The van der Waals surface area contributed by atoms with E-state index >= 15 is 0 Å². The van der Waals surface area contributed by atoms with Crippen molar-refractivity contribution in [2.75, 3.05) is 19.0 Å². The van der Waals surface area contributed by atoms with E-state index in [9.17, 15) is 9.59 Å². The third-order valence-corrected chi connectivity index (χ3v) is 4.47. The second kappa shape index (κ2) is 10.6. The van der Waals surface area contributed by atoms with E-state index in [4.69, 9.17) is 25.8 Å². The van der Waals surface area contributed by atoms with Crippen LogP contribution in [0.3, 0.4) is 0 Å². The summed E-state index contributed by atoms with van der Waals surface area (Å²) < 4.78 is 15.8. The summed E-state index contributed by atoms with van der Waals surface area (Å²) in [6, 6.07) is 12.4. The van der Waals surface area contributed by atoms with Gasteiger partial charge in [0.2, 0.25) is 0 Å². The highest BCUT2D eigenvalue weighted by atomic mass is 35.5. The van der Waals surface area contributed by atoms with Gasteiger partial charge in [0.05, 0.1) is 13.7 Å². The number of carbonyl (C=O) groups is 2. The van der Waals surface area contributed by atoms with Gasteiger partial charge in [-0.1, -0.05) is 17.7 Å². The second-order valence-electron chi connectivity index (χ2n) is 6.16. The normalized spacial score (nSPS) is 11.4. The van der Waals surface area contributed by atoms with Gasteiger partial charge >= 0.3 is 5.97 Å². The minimum Gasteiger partial charge on any atom is -0.497 e. The molecule has 1 N–H and O–H groups in total. The molecule has 2 rings (SSSR count). The lowest BCUT2D eigenvalue weighted by Crippen LogP contribution is -2.30. The van der Waals surface area contributed by atoms with Crippen LogP contribution in [0.1, 0.15) is 25.3 Å². The van der Waals surface area contributed by atoms with Crippen molar-refractivity contribution >= 4 is 29.2 Å². The molecule has 0 aliphatic rings. The fourth-order valence-corrected chi connectivity index (χ4v) is 2.54. The van der Waals surface area contributed by atoms with Gasteiger partial charge in [0.1, 0.15) is 11.5 Å². The molecule has 28 heavy (non-hydrogen) atoms. The Balaban J connectivity index is 1.71. The van der Waals surface area contributed by atoms with Crippen LogP contribution in [0.2, 0.25) is 5.02 Å². The molecule has 0 heterocycles. The van der Waals surface area contributed by atoms with Crippen molar-refractivity contribution in [2.24, 2.45) is 0 Å². The Morgan fingerprint density at radius 3 is 2.46 bits per heavy atom. The van der Waals surface area contributed by atoms with E-state index in [1.807, 2.05) is 0 Å². The number of benzene rings is 2. The number of ether oxygens (including phenoxy) is 3. The summed E-state index contributed by atoms with van der Waals surface area (Å²) in [6.07, 6.45) is -0.273. The SMILES string of the molecule is COc1ccc(OCCCC(=O)O[C@H](C)C(=O)Nc2cccc(Cl)c2C)cc1. The zero-order valence-corrected chi connectivity index (χ0v) is 16.9. The number of hydrogen-bond donors (Lipinski definition) is 1. The van der Waals surface area contributed by atoms with Crippen molar-refractivity contribution in [3.8, 4) is 11.5 Å². The van der Waals surface area contributed by atoms with Crippen LogP contribution in [0.15, 0.2) is 42.5 Å². The molecule has 0 bridgehead atoms. The molecule has 150 valence electrons. The Kier molecular flexibility index (Phi) is 8.14. The predicted octanol–water partition coefficient (Wildman–Crippen LogP) is 4.39. The summed E-state index contributed by atoms with van der Waals surface area (Å²) in [5.74, 6) is 0.576. The van der Waals surface area contributed by atoms with Crippen LogP contribution in [0.5, 0.6) is 11.5 Å². The van der Waals surface area contributed by atoms with Crippen molar-refractivity contribution in [3.05, 3.63) is 53.1 Å². The monoisotopic (exact) mass is 405 g/mol. The average Bonchev–Trinajstić information content (AvgIpc) is 2.69. The molecule has 7 heteroatoms. The van der Waals surface area contributed by atoms with E-state index in [0.29, 0.717) is 29.5 Å². The molecule has 0 unspecified atom stereocenters. The highest BCUT2D eigenvalue weighted by Crippen LogP contribution is 2.23. The molecule has 0 aromatic heterocycles. The van der Waals surface area contributed by atoms with Crippen molar-refractivity contribution in [2.45, 2.75) is 32.8 Å². The first-order chi connectivity index (χ1) is 13.4. The average molecular weight is 406 g/mol. The number of carbonyl (C=O) groups excluding carboxylic acids is 2. The van der Waals surface area contributed by atoms with E-state index in [-0.39, 0.29) is 6.42 Å². The maximum atomic E-state index is 12.2. The lowest BCUT2D eigenvalue weighted by Gasteiger charge is -2.15. The largest absolute Gasteiger partial charge is 0.497 e. The van der Waals surface area contributed by atoms with Gasteiger partial charge < -0.3 is 19.5 Å². The zero-order chi connectivity index (χ0) is 20.5. The number of esters is 1. The van der Waals surface area contributed by atoms with E-state index in [2.05, 4.69) is 5.32 Å². The Labute approximate surface area is 169 Å². The molecular formula is C21H24ClNO5. The summed E-state index contributed by atoms with van der Waals surface area (Å²) in [4.78, 5) is 24.1. The number of rotatable bonds is 9. The lowest BCUT2D eigenvalue weighted by molar-refractivity contribution is -0.153. The van der Waals surface area contributed by atoms with Crippen LogP contribution in [0.4, 0.5) is 5.69 Å². The van der Waals surface area contributed by atoms with Crippen molar-refractivity contribution < 1.29 is 23.8 Å². The van der Waals surface area contributed by atoms with Crippen molar-refractivity contribution in [1.29, 1.82) is 0 Å². The number of nitrogens with one attached hydrogen (secondary N) is 1. The molecule has 0 aliphatic heterocycles. The lowest BCUT2D eigenvalue weighted by atomic mass is 10.2. The highest BCUT2D eigenvalue weighted by Gasteiger charge is 2.18. The van der Waals surface area contributed by atoms with Crippen LogP contribution in [0, 0.1) is 6.92 Å². The molecule has 1 atom stereocenters. The van der Waals surface area contributed by atoms with Gasteiger partial charge in [-0.15, -0.1) is 0 Å². The topological polar surface area (TPSA) is 73.9 Å². The van der Waals surface area contributed by atoms with E-state index in [1.165, 1.54) is 6.92 Å². The number of amides is 1. The minimum absolute atomic E-state index is 0.157. The molecule has 2 aromatic carbocycles. The summed E-state index contributed by atoms with van der Waals surface area (Å²) in [6.45, 7) is 3.70. The number of halogens is 1. The van der Waals surface area contributed by atoms with Crippen LogP contribution in [0.25, 0.3) is 0 Å². The minimum atomic E-state index is -0.909. The Bertz CT molecular complexity index is 807. The van der Waals surface area contributed by atoms with E-state index in [1.54, 1.807) is 56.5 Å². The quantitative estimate of drug-likeness (QED) is 0.494. The van der Waals surface area contributed by atoms with Crippen LogP contribution >= 0.6 is 11.6 Å². The molecule has 2 aromatic rings. The van der Waals surface area contributed by atoms with Gasteiger partial charge in [-0.25, -0.2) is 0 Å². The summed E-state index contributed by atoms with van der Waals surface area (Å²) in [5, 5.41) is 3.27. The first-order valence-corrected chi connectivity index (χ1v) is 9.31. The smallest absolute Gasteiger partial charge is 0.306 e. The molecule has 0 fully saturated rings. The van der Waals surface area contributed by atoms with Crippen molar-refractivity contribution in [3.63, 3.8) is 0 Å². The van der Waals surface area contributed by atoms with Gasteiger partial charge in [0.25, 0.3) is 5.91 Å². The fraction of sp³-hybridized carbons (Fsp3) is 0.333. The Morgan fingerprint density at radius 2 is 1.79 bits per heavy atom. The zero-order valence-electron chi connectivity index (χ0n) is 16.2. The fourth-order valence-electron chi connectivity index (χ4n) is 2.37. The molecule has 0 spiro atoms. The molecule has 0 saturated carbocycles. The highest BCUT2D eigenvalue weighted by molar-refractivity contribution is 6.31. The molecule has 6 nitrogen and oxygen atoms in total. The number of methoxy groups -OCH3 is 1. The maximum Gasteiger partial charge on any atom is 0.306 e. The molecule has 0 radical (unpaired) electrons. The van der Waals surface area contributed by atoms with Crippen LogP contribution in [-0.2, 0) is 14.3 Å². The third kappa shape index (κ3) is 6.46. The molecule has 0 saturated heterocycles. The van der Waals surface area contributed by atoms with Crippen LogP contribution < -0.4 is 14.8 Å². The molecular weight excluding hydrogens is 382 g/mol. The standard InChI is InChI=1S/C21H24ClNO5/c1-14-18(22)6-4-7-19(14)23-21(25)15(2)28-20(24)8-5-13-27-17-11-9-16(26-3)10-12-17/h4,6-7,9-12,15H,5,8,13H2,1-3H3,(H,23,25)/t15-/m1/s1. The predicted molar refractivity (Wildman–Crippen MR) is 108 cm³/mol. The Morgan fingerprint density at radius 1 is 1.11 bits per heavy atom. The summed E-state index contributed by atoms with van der Waals surface area (Å²) in [5.41, 5.74) is 1.35. The first kappa shape index (κ1) is 21.6. The van der Waals surface area contributed by atoms with Gasteiger partial charge in [0, 0.05) is 17.1 Å². The maximum absolute atomic E-state index is 12.2. The Hall–Kier alpha value is -2.73. The summed E-state index contributed by atoms with van der Waals surface area (Å²) in [7, 11) is 1.60. The molecule has 0 aliphatic carbocycles. The van der Waals surface area contributed by atoms with Gasteiger partial charge in [-0.05, 0) is 62.2 Å². The van der Waals surface area contributed by atoms with E-state index < -0.39 is 18.0 Å². The van der Waals surface area contributed by atoms with Gasteiger partial charge in [0.15, 0.2) is 6.10 Å². The second-order valence-corrected chi connectivity index (χ2v) is 6.57. The van der Waals surface area contributed by atoms with E-state index in [0.717, 1.165) is 11.3 Å². The van der Waals surface area contributed by atoms with Crippen molar-refractivity contribution in [1.82, 2.24) is 0 Å². The third-order valence-electron chi connectivity index (χ3n) is 4.06. The summed E-state index contributed by atoms with van der Waals surface area (Å²) >= 11 is 6.04. The number of anilines is 1. The first-order valence-electron chi connectivity index (χ1n) is 8.93. The van der Waals surface area contributed by atoms with Gasteiger partial charge in [-0.3, -0.25) is 9.59 Å².